The van der Waals surface area contributed by atoms with E-state index in [4.69, 9.17) is 4.42 Å². The van der Waals surface area contributed by atoms with E-state index >= 15 is 0 Å². The Kier molecular flexibility index (Phi) is 8.34. The summed E-state index contributed by atoms with van der Waals surface area (Å²) in [6.07, 6.45) is 2.79. The molecule has 0 unspecified atom stereocenters. The average Bonchev–Trinajstić information content (AvgIpc) is 3.29. The molecule has 2 aromatic rings. The molecule has 0 bridgehead atoms. The Labute approximate surface area is 206 Å². The predicted molar refractivity (Wildman–Crippen MR) is 129 cm³/mol. The highest BCUT2D eigenvalue weighted by Gasteiger charge is 2.38. The predicted octanol–water partition coefficient (Wildman–Crippen LogP) is 1.93. The van der Waals surface area contributed by atoms with E-state index in [1.165, 1.54) is 28.9 Å². The van der Waals surface area contributed by atoms with Crippen molar-refractivity contribution < 1.29 is 27.5 Å². The van der Waals surface area contributed by atoms with Crippen LogP contribution < -0.4 is 10.6 Å². The number of amides is 2. The van der Waals surface area contributed by atoms with Gasteiger partial charge in [-0.2, -0.15) is 4.31 Å². The number of carbonyl (C=O) groups excluding carboxylic acids is 2. The summed E-state index contributed by atoms with van der Waals surface area (Å²) in [6, 6.07) is 5.78. The van der Waals surface area contributed by atoms with Crippen LogP contribution in [0.25, 0.3) is 0 Å². The average molecular weight is 507 g/mol. The molecule has 2 amide bonds. The number of nitrogens with zero attached hydrogens (tertiary/aromatic N) is 2. The maximum absolute atomic E-state index is 13.2. The largest absolute Gasteiger partial charge is 0.459 e. The van der Waals surface area contributed by atoms with Gasteiger partial charge in [0.15, 0.2) is 10.8 Å². The summed E-state index contributed by atoms with van der Waals surface area (Å²) in [4.78, 5) is 29.7. The van der Waals surface area contributed by atoms with E-state index in [0.29, 0.717) is 19.3 Å². The summed E-state index contributed by atoms with van der Waals surface area (Å²) in [5, 5.41) is 16.4. The number of aliphatic hydroxyl groups excluding tert-OH is 1. The molecule has 2 aromatic heterocycles. The summed E-state index contributed by atoms with van der Waals surface area (Å²) in [5.41, 5.74) is -0.275. The van der Waals surface area contributed by atoms with Crippen LogP contribution in [0.4, 0.5) is 0 Å². The molecule has 1 fully saturated rings. The lowest BCUT2D eigenvalue weighted by Crippen LogP contribution is -2.54. The molecule has 1 saturated heterocycles. The lowest BCUT2D eigenvalue weighted by molar-refractivity contribution is -0.125. The van der Waals surface area contributed by atoms with Crippen molar-refractivity contribution in [2.24, 2.45) is 5.41 Å². The van der Waals surface area contributed by atoms with E-state index in [2.05, 4.69) is 15.6 Å². The first kappa shape index (κ1) is 26.8. The minimum absolute atomic E-state index is 0.0904. The van der Waals surface area contributed by atoms with Crippen molar-refractivity contribution in [2.75, 3.05) is 6.54 Å². The van der Waals surface area contributed by atoms with Gasteiger partial charge in [0.25, 0.3) is 15.9 Å². The Hall–Kier alpha value is -2.76. The quantitative estimate of drug-likeness (QED) is 0.521. The van der Waals surface area contributed by atoms with Crippen molar-refractivity contribution in [3.63, 3.8) is 0 Å². The molecule has 1 aliphatic rings. The van der Waals surface area contributed by atoms with Gasteiger partial charge >= 0.3 is 0 Å². The molecule has 1 aliphatic heterocycles. The van der Waals surface area contributed by atoms with Gasteiger partial charge in [-0.25, -0.2) is 13.4 Å². The molecule has 0 radical (unpaired) electrons. The smallest absolute Gasteiger partial charge is 0.287 e. The van der Waals surface area contributed by atoms with E-state index in [-0.39, 0.29) is 22.7 Å². The van der Waals surface area contributed by atoms with Crippen LogP contribution in [-0.4, -0.2) is 65.4 Å². The standard InChI is InChI=1S/C24H34N4O6S/c1-16-10-11-17(19(29)15-28(16)35(32,33)21-9-5-6-12-25-21)26-22(30)18(14-24(2,3)4)27-23(31)20-8-7-13-34-20/h5-9,12-13,16-19,29H,10-11,14-15H2,1-4H3,(H,26,30)(H,27,31)/t16-,17+,18+,19+/m1/s1. The monoisotopic (exact) mass is 506 g/mol. The van der Waals surface area contributed by atoms with Gasteiger partial charge in [0.1, 0.15) is 6.04 Å². The summed E-state index contributed by atoms with van der Waals surface area (Å²) < 4.78 is 32.6. The zero-order chi connectivity index (χ0) is 25.8. The normalized spacial score (nSPS) is 22.7. The summed E-state index contributed by atoms with van der Waals surface area (Å²) >= 11 is 0. The number of aliphatic hydroxyl groups is 1. The summed E-state index contributed by atoms with van der Waals surface area (Å²) in [7, 11) is -3.92. The van der Waals surface area contributed by atoms with Crippen molar-refractivity contribution >= 4 is 21.8 Å². The Morgan fingerprint density at radius 1 is 1.23 bits per heavy atom. The van der Waals surface area contributed by atoms with E-state index in [1.807, 2.05) is 20.8 Å². The molecule has 0 aliphatic carbocycles. The number of sulfonamides is 1. The number of rotatable bonds is 7. The van der Waals surface area contributed by atoms with Crippen molar-refractivity contribution in [3.8, 4) is 0 Å². The van der Waals surface area contributed by atoms with Crippen LogP contribution in [0.5, 0.6) is 0 Å². The molecule has 0 spiro atoms. The third-order valence-electron chi connectivity index (χ3n) is 5.94. The molecule has 11 heteroatoms. The number of pyridine rings is 1. The fourth-order valence-corrected chi connectivity index (χ4v) is 5.73. The first-order valence-electron chi connectivity index (χ1n) is 11.6. The van der Waals surface area contributed by atoms with E-state index < -0.39 is 46.1 Å². The van der Waals surface area contributed by atoms with E-state index in [0.717, 1.165) is 0 Å². The highest BCUT2D eigenvalue weighted by atomic mass is 32.2. The number of β-amino-alcohol motifs (C(OH)–C–C–N with tert-alkyl or cyclic N) is 1. The zero-order valence-electron chi connectivity index (χ0n) is 20.5. The number of hydrogen-bond acceptors (Lipinski definition) is 7. The van der Waals surface area contributed by atoms with Crippen molar-refractivity contribution in [2.45, 2.75) is 76.2 Å². The van der Waals surface area contributed by atoms with Crippen LogP contribution in [0.3, 0.4) is 0 Å². The van der Waals surface area contributed by atoms with Gasteiger partial charge in [0, 0.05) is 18.8 Å². The van der Waals surface area contributed by atoms with Gasteiger partial charge in [-0.1, -0.05) is 26.8 Å². The molecular weight excluding hydrogens is 472 g/mol. The Bertz CT molecular complexity index is 1100. The molecule has 0 aromatic carbocycles. The SMILES string of the molecule is C[C@@H]1CC[C@H](NC(=O)[C@H](CC(C)(C)C)NC(=O)c2ccco2)[C@@H](O)CN1S(=O)(=O)c1ccccn1. The first-order valence-corrected chi connectivity index (χ1v) is 13.1. The van der Waals surface area contributed by atoms with Crippen LogP contribution in [-0.2, 0) is 14.8 Å². The third-order valence-corrected chi connectivity index (χ3v) is 7.84. The maximum Gasteiger partial charge on any atom is 0.287 e. The molecule has 0 saturated carbocycles. The molecule has 3 rings (SSSR count). The van der Waals surface area contributed by atoms with Gasteiger partial charge in [-0.3, -0.25) is 9.59 Å². The van der Waals surface area contributed by atoms with Crippen molar-refractivity contribution in [1.29, 1.82) is 0 Å². The minimum Gasteiger partial charge on any atom is -0.459 e. The molecular formula is C24H34N4O6S. The van der Waals surface area contributed by atoms with Gasteiger partial charge in [-0.15, -0.1) is 0 Å². The molecule has 192 valence electrons. The molecule has 10 nitrogen and oxygen atoms in total. The van der Waals surface area contributed by atoms with Crippen LogP contribution in [0.1, 0.15) is 57.5 Å². The lowest BCUT2D eigenvalue weighted by Gasteiger charge is -2.29. The number of aromatic nitrogens is 1. The fraction of sp³-hybridized carbons (Fsp3) is 0.542. The number of furan rings is 1. The van der Waals surface area contributed by atoms with Crippen LogP contribution in [0.2, 0.25) is 0 Å². The van der Waals surface area contributed by atoms with E-state index in [9.17, 15) is 23.1 Å². The fourth-order valence-electron chi connectivity index (χ4n) is 4.11. The van der Waals surface area contributed by atoms with Gasteiger partial charge in [-0.05, 0) is 55.9 Å². The minimum atomic E-state index is -3.92. The Morgan fingerprint density at radius 2 is 1.97 bits per heavy atom. The second-order valence-corrected chi connectivity index (χ2v) is 12.0. The van der Waals surface area contributed by atoms with Crippen molar-refractivity contribution in [1.82, 2.24) is 19.9 Å². The topological polar surface area (TPSA) is 142 Å². The molecule has 3 heterocycles. The van der Waals surface area contributed by atoms with Crippen molar-refractivity contribution in [3.05, 3.63) is 48.6 Å². The maximum atomic E-state index is 13.2. The molecule has 35 heavy (non-hydrogen) atoms. The van der Waals surface area contributed by atoms with E-state index in [1.54, 1.807) is 25.1 Å². The first-order chi connectivity index (χ1) is 16.4. The summed E-state index contributed by atoms with van der Waals surface area (Å²) in [6.45, 7) is 7.44. The highest BCUT2D eigenvalue weighted by Crippen LogP contribution is 2.25. The number of hydrogen-bond donors (Lipinski definition) is 3. The Balaban J connectivity index is 1.74. The lowest BCUT2D eigenvalue weighted by atomic mass is 9.87. The van der Waals surface area contributed by atoms with Gasteiger partial charge in [0.05, 0.1) is 18.4 Å². The van der Waals surface area contributed by atoms with Gasteiger partial charge in [0.2, 0.25) is 5.91 Å². The third kappa shape index (κ3) is 6.89. The highest BCUT2D eigenvalue weighted by molar-refractivity contribution is 7.89. The molecule has 3 N–H and O–H groups in total. The Morgan fingerprint density at radius 3 is 2.57 bits per heavy atom. The van der Waals surface area contributed by atoms with Crippen LogP contribution >= 0.6 is 0 Å². The number of carbonyl (C=O) groups is 2. The van der Waals surface area contributed by atoms with Gasteiger partial charge < -0.3 is 20.2 Å². The second-order valence-electron chi connectivity index (χ2n) is 10.1. The second kappa shape index (κ2) is 10.9. The summed E-state index contributed by atoms with van der Waals surface area (Å²) in [5.74, 6) is -0.866. The molecule has 4 atom stereocenters. The van der Waals surface area contributed by atoms with Crippen LogP contribution in [0.15, 0.2) is 52.2 Å². The number of nitrogens with one attached hydrogen (secondary N) is 2. The van der Waals surface area contributed by atoms with Crippen LogP contribution in [0, 0.1) is 5.41 Å². The zero-order valence-corrected chi connectivity index (χ0v) is 21.3.